The van der Waals surface area contributed by atoms with E-state index in [1.165, 1.54) is 30.3 Å². The number of aromatic nitrogens is 2. The summed E-state index contributed by atoms with van der Waals surface area (Å²) in [6.45, 7) is 3.87. The standard InChI is InChI=1S/C25H29N5O4S2/c1-15(2)34-22-11-8-16(12-17(22)13-26)24-27-28-25(35-24)20-7-5-6-19-18(20)9-10-21(19)29-36(32,33)14-23(31)30(3)4/h5-8,11,15,17,21,29H,9-10,12,14H2,1-4H3. The Kier molecular flexibility index (Phi) is 7.59. The van der Waals surface area contributed by atoms with E-state index in [0.29, 0.717) is 25.0 Å². The average molecular weight is 528 g/mol. The summed E-state index contributed by atoms with van der Waals surface area (Å²) >= 11 is 1.45. The first-order valence-electron chi connectivity index (χ1n) is 11.7. The van der Waals surface area contributed by atoms with Crippen LogP contribution in [-0.2, 0) is 26.0 Å². The van der Waals surface area contributed by atoms with Gasteiger partial charge in [0.2, 0.25) is 15.9 Å². The number of sulfonamides is 1. The second kappa shape index (κ2) is 10.5. The van der Waals surface area contributed by atoms with Crippen molar-refractivity contribution >= 4 is 32.8 Å². The summed E-state index contributed by atoms with van der Waals surface area (Å²) in [4.78, 5) is 13.2. The number of amides is 1. The van der Waals surface area contributed by atoms with Gasteiger partial charge in [-0.2, -0.15) is 5.26 Å². The molecule has 0 saturated heterocycles. The lowest BCUT2D eigenvalue weighted by Gasteiger charge is -2.21. The summed E-state index contributed by atoms with van der Waals surface area (Å²) in [6.07, 6.45) is 5.57. The second-order valence-corrected chi connectivity index (χ2v) is 12.1. The quantitative estimate of drug-likeness (QED) is 0.557. The molecule has 1 aromatic carbocycles. The molecular weight excluding hydrogens is 498 g/mol. The van der Waals surface area contributed by atoms with E-state index in [9.17, 15) is 18.5 Å². The fourth-order valence-corrected chi connectivity index (χ4v) is 6.61. The molecule has 2 unspecified atom stereocenters. The van der Waals surface area contributed by atoms with Crippen LogP contribution in [-0.4, -0.2) is 55.4 Å². The largest absolute Gasteiger partial charge is 0.494 e. The molecule has 2 aliphatic rings. The van der Waals surface area contributed by atoms with Gasteiger partial charge in [0.25, 0.3) is 0 Å². The summed E-state index contributed by atoms with van der Waals surface area (Å²) < 4.78 is 33.6. The average Bonchev–Trinajstić information content (AvgIpc) is 3.46. The predicted molar refractivity (Wildman–Crippen MR) is 138 cm³/mol. The van der Waals surface area contributed by atoms with Crippen molar-refractivity contribution in [3.8, 4) is 16.6 Å². The van der Waals surface area contributed by atoms with Crippen LogP contribution in [0.1, 0.15) is 48.9 Å². The number of nitrogens with one attached hydrogen (secondary N) is 1. The molecule has 0 radical (unpaired) electrons. The molecule has 11 heteroatoms. The minimum atomic E-state index is -3.78. The Morgan fingerprint density at radius 2 is 2.03 bits per heavy atom. The van der Waals surface area contributed by atoms with Gasteiger partial charge in [0.05, 0.1) is 12.2 Å². The monoisotopic (exact) mass is 527 g/mol. The number of hydrogen-bond donors (Lipinski definition) is 1. The van der Waals surface area contributed by atoms with Crippen LogP contribution >= 0.6 is 11.3 Å². The van der Waals surface area contributed by atoms with Crippen molar-refractivity contribution in [1.29, 1.82) is 5.26 Å². The number of fused-ring (bicyclic) bond motifs is 1. The van der Waals surface area contributed by atoms with Crippen molar-refractivity contribution in [2.45, 2.75) is 45.3 Å². The number of carbonyl (C=O) groups is 1. The first-order chi connectivity index (χ1) is 17.1. The van der Waals surface area contributed by atoms with Gasteiger partial charge in [-0.3, -0.25) is 4.79 Å². The molecule has 190 valence electrons. The number of benzene rings is 1. The molecule has 9 nitrogen and oxygen atoms in total. The molecule has 2 atom stereocenters. The molecule has 36 heavy (non-hydrogen) atoms. The lowest BCUT2D eigenvalue weighted by molar-refractivity contribution is -0.125. The van der Waals surface area contributed by atoms with E-state index in [-0.39, 0.29) is 12.0 Å². The summed E-state index contributed by atoms with van der Waals surface area (Å²) in [5.41, 5.74) is 3.79. The SMILES string of the molecule is CC(C)OC1=CC=C(c2nnc(-c3cccc4c3CCC4NS(=O)(=O)CC(=O)N(C)C)s2)CC1C#N. The van der Waals surface area contributed by atoms with Crippen LogP contribution in [0, 0.1) is 17.2 Å². The van der Waals surface area contributed by atoms with Gasteiger partial charge >= 0.3 is 0 Å². The maximum atomic E-state index is 12.6. The van der Waals surface area contributed by atoms with E-state index in [2.05, 4.69) is 21.0 Å². The van der Waals surface area contributed by atoms with Gasteiger partial charge in [-0.1, -0.05) is 35.6 Å². The minimum absolute atomic E-state index is 0.00265. The van der Waals surface area contributed by atoms with Gasteiger partial charge in [0.1, 0.15) is 27.4 Å². The molecule has 2 aromatic rings. The Labute approximate surface area is 215 Å². The second-order valence-electron chi connectivity index (χ2n) is 9.36. The first-order valence-corrected chi connectivity index (χ1v) is 14.2. The maximum absolute atomic E-state index is 12.6. The van der Waals surface area contributed by atoms with Crippen LogP contribution in [0.3, 0.4) is 0 Å². The van der Waals surface area contributed by atoms with Crippen LogP contribution in [0.25, 0.3) is 16.1 Å². The Hall–Kier alpha value is -3.07. The Morgan fingerprint density at radius 3 is 2.72 bits per heavy atom. The Morgan fingerprint density at radius 1 is 1.28 bits per heavy atom. The lowest BCUT2D eigenvalue weighted by atomic mass is 9.94. The van der Waals surface area contributed by atoms with Crippen LogP contribution in [0.2, 0.25) is 0 Å². The maximum Gasteiger partial charge on any atom is 0.238 e. The minimum Gasteiger partial charge on any atom is -0.494 e. The molecule has 1 N–H and O–H groups in total. The van der Waals surface area contributed by atoms with E-state index in [4.69, 9.17) is 4.74 Å². The van der Waals surface area contributed by atoms with Crippen molar-refractivity contribution in [3.63, 3.8) is 0 Å². The van der Waals surface area contributed by atoms with Crippen molar-refractivity contribution in [3.05, 3.63) is 52.2 Å². The van der Waals surface area contributed by atoms with Gasteiger partial charge in [0, 0.05) is 25.7 Å². The molecule has 4 rings (SSSR count). The van der Waals surface area contributed by atoms with E-state index < -0.39 is 27.7 Å². The zero-order valence-electron chi connectivity index (χ0n) is 20.7. The highest BCUT2D eigenvalue weighted by molar-refractivity contribution is 7.90. The van der Waals surface area contributed by atoms with Gasteiger partial charge in [-0.05, 0) is 55.9 Å². The zero-order chi connectivity index (χ0) is 26.0. The molecule has 0 fully saturated rings. The summed E-state index contributed by atoms with van der Waals surface area (Å²) in [5.74, 6) is -0.747. The van der Waals surface area contributed by atoms with Gasteiger partial charge in [-0.25, -0.2) is 13.1 Å². The smallest absolute Gasteiger partial charge is 0.238 e. The van der Waals surface area contributed by atoms with Crippen LogP contribution in [0.5, 0.6) is 0 Å². The summed E-state index contributed by atoms with van der Waals surface area (Å²) in [7, 11) is -0.713. The van der Waals surface area contributed by atoms with Crippen LogP contribution in [0.4, 0.5) is 0 Å². The third-order valence-corrected chi connectivity index (χ3v) is 8.38. The molecule has 1 heterocycles. The van der Waals surface area contributed by atoms with Crippen molar-refractivity contribution in [2.24, 2.45) is 5.92 Å². The highest BCUT2D eigenvalue weighted by Gasteiger charge is 2.31. The van der Waals surface area contributed by atoms with E-state index in [0.717, 1.165) is 32.3 Å². The number of ether oxygens (including phenoxy) is 1. The summed E-state index contributed by atoms with van der Waals surface area (Å²) in [5, 5.41) is 19.9. The first kappa shape index (κ1) is 26.0. The predicted octanol–water partition coefficient (Wildman–Crippen LogP) is 3.44. The number of hydrogen-bond acceptors (Lipinski definition) is 8. The molecule has 0 bridgehead atoms. The molecule has 1 amide bonds. The van der Waals surface area contributed by atoms with Crippen molar-refractivity contribution < 1.29 is 17.9 Å². The van der Waals surface area contributed by atoms with E-state index in [1.807, 2.05) is 44.2 Å². The van der Waals surface area contributed by atoms with Gasteiger partial charge in [0.15, 0.2) is 0 Å². The third kappa shape index (κ3) is 5.67. The number of allylic oxidation sites excluding steroid dienone is 4. The fourth-order valence-electron chi connectivity index (χ4n) is 4.34. The molecule has 0 saturated carbocycles. The molecule has 1 aromatic heterocycles. The van der Waals surface area contributed by atoms with Crippen LogP contribution < -0.4 is 4.72 Å². The third-order valence-electron chi connectivity index (χ3n) is 6.08. The van der Waals surface area contributed by atoms with E-state index >= 15 is 0 Å². The normalized spacial score (nSPS) is 19.3. The highest BCUT2D eigenvalue weighted by atomic mass is 32.2. The number of carbonyl (C=O) groups excluding carboxylic acids is 1. The fraction of sp³-hybridized carbons (Fsp3) is 0.440. The highest BCUT2D eigenvalue weighted by Crippen LogP contribution is 2.41. The molecular formula is C25H29N5O4S2. The topological polar surface area (TPSA) is 125 Å². The molecule has 0 spiro atoms. The zero-order valence-corrected chi connectivity index (χ0v) is 22.3. The molecule has 0 aliphatic heterocycles. The Balaban J connectivity index is 1.56. The van der Waals surface area contributed by atoms with Crippen LogP contribution in [0.15, 0.2) is 36.1 Å². The number of nitrogens with zero attached hydrogens (tertiary/aromatic N) is 4. The number of rotatable bonds is 8. The van der Waals surface area contributed by atoms with Gasteiger partial charge < -0.3 is 9.64 Å². The lowest BCUT2D eigenvalue weighted by Crippen LogP contribution is -2.37. The Bertz CT molecular complexity index is 1370. The molecule has 2 aliphatic carbocycles. The summed E-state index contributed by atoms with van der Waals surface area (Å²) in [6, 6.07) is 7.69. The number of nitriles is 1. The van der Waals surface area contributed by atoms with Crippen molar-refractivity contribution in [1.82, 2.24) is 19.8 Å². The van der Waals surface area contributed by atoms with Crippen molar-refractivity contribution in [2.75, 3.05) is 19.8 Å². The van der Waals surface area contributed by atoms with Gasteiger partial charge in [-0.15, -0.1) is 10.2 Å². The van der Waals surface area contributed by atoms with E-state index in [1.54, 1.807) is 0 Å².